The minimum Gasteiger partial charge on any atom is -0.298 e. The number of amides is 1. The average Bonchev–Trinajstić information content (AvgIpc) is 3.29. The summed E-state index contributed by atoms with van der Waals surface area (Å²) in [6.45, 7) is 0.0248. The number of aromatic nitrogens is 4. The molecule has 7 nitrogen and oxygen atoms in total. The van der Waals surface area contributed by atoms with E-state index < -0.39 is 0 Å². The van der Waals surface area contributed by atoms with Gasteiger partial charge >= 0.3 is 0 Å². The fourth-order valence-electron chi connectivity index (χ4n) is 2.04. The number of thioether (sulfide) groups is 1. The zero-order valence-electron chi connectivity index (χ0n) is 11.8. The Balaban J connectivity index is 1.66. The van der Waals surface area contributed by atoms with Crippen LogP contribution in [0, 0.1) is 11.3 Å². The van der Waals surface area contributed by atoms with Gasteiger partial charge in [-0.3, -0.25) is 9.69 Å². The zero-order chi connectivity index (χ0) is 15.4. The topological polar surface area (TPSA) is 87.7 Å². The average molecular weight is 314 g/mol. The Labute approximate surface area is 131 Å². The summed E-state index contributed by atoms with van der Waals surface area (Å²) in [4.78, 5) is 13.9. The Bertz CT molecular complexity index is 691. The maximum atomic E-state index is 12.4. The Kier molecular flexibility index (Phi) is 4.34. The number of carbonyl (C=O) groups is 1. The normalized spacial score (nSPS) is 13.6. The van der Waals surface area contributed by atoms with E-state index in [9.17, 15) is 4.79 Å². The Morgan fingerprint density at radius 2 is 2.18 bits per heavy atom. The molecule has 1 aliphatic rings. The first-order chi connectivity index (χ1) is 10.8. The van der Waals surface area contributed by atoms with Crippen molar-refractivity contribution in [2.24, 2.45) is 0 Å². The van der Waals surface area contributed by atoms with E-state index in [2.05, 4.69) is 15.5 Å². The van der Waals surface area contributed by atoms with Crippen molar-refractivity contribution in [2.75, 3.05) is 17.2 Å². The van der Waals surface area contributed by atoms with Gasteiger partial charge in [-0.05, 0) is 35.4 Å². The smallest absolute Gasteiger partial charge is 0.238 e. The van der Waals surface area contributed by atoms with E-state index >= 15 is 0 Å². The standard InChI is InChI=1S/C14H14N6OS/c15-8-9-19(11-4-2-1-3-5-11)13(21)10-22-14-16-17-18-20(14)12-6-7-12/h1-5,12H,6-7,9-10H2. The van der Waals surface area contributed by atoms with Gasteiger partial charge in [-0.1, -0.05) is 30.0 Å². The van der Waals surface area contributed by atoms with Crippen LogP contribution in [0.4, 0.5) is 5.69 Å². The Hall–Kier alpha value is -2.40. The molecule has 1 aliphatic carbocycles. The number of tetrazole rings is 1. The summed E-state index contributed by atoms with van der Waals surface area (Å²) in [5.74, 6) is 0.0621. The summed E-state index contributed by atoms with van der Waals surface area (Å²) in [7, 11) is 0. The molecule has 3 rings (SSSR count). The van der Waals surface area contributed by atoms with Crippen LogP contribution in [-0.4, -0.2) is 38.4 Å². The molecule has 8 heteroatoms. The van der Waals surface area contributed by atoms with Gasteiger partial charge in [0.25, 0.3) is 0 Å². The first-order valence-corrected chi connectivity index (χ1v) is 7.91. The third-order valence-electron chi connectivity index (χ3n) is 3.28. The SMILES string of the molecule is N#CCN(C(=O)CSc1nnnn1C1CC1)c1ccccc1. The quantitative estimate of drug-likeness (QED) is 0.595. The molecule has 0 aliphatic heterocycles. The van der Waals surface area contributed by atoms with Gasteiger partial charge in [0.15, 0.2) is 0 Å². The van der Waals surface area contributed by atoms with Crippen LogP contribution in [-0.2, 0) is 4.79 Å². The molecule has 0 radical (unpaired) electrons. The van der Waals surface area contributed by atoms with E-state index in [0.717, 1.165) is 18.5 Å². The molecule has 1 amide bonds. The number of carbonyl (C=O) groups excluding carboxylic acids is 1. The van der Waals surface area contributed by atoms with E-state index in [1.807, 2.05) is 36.4 Å². The summed E-state index contributed by atoms with van der Waals surface area (Å²) in [6, 6.07) is 11.6. The molecule has 1 aromatic carbocycles. The summed E-state index contributed by atoms with van der Waals surface area (Å²) >= 11 is 1.31. The second kappa shape index (κ2) is 6.58. The van der Waals surface area contributed by atoms with Crippen LogP contribution in [0.3, 0.4) is 0 Å². The number of nitriles is 1. The molecule has 112 valence electrons. The molecule has 2 aromatic rings. The lowest BCUT2D eigenvalue weighted by atomic mass is 10.3. The summed E-state index contributed by atoms with van der Waals surface area (Å²) in [5, 5.41) is 21.2. The molecule has 1 heterocycles. The van der Waals surface area contributed by atoms with Gasteiger partial charge in [-0.2, -0.15) is 5.26 Å². The van der Waals surface area contributed by atoms with E-state index in [0.29, 0.717) is 11.2 Å². The van der Waals surface area contributed by atoms with Crippen molar-refractivity contribution in [3.63, 3.8) is 0 Å². The highest BCUT2D eigenvalue weighted by Gasteiger charge is 2.28. The van der Waals surface area contributed by atoms with Gasteiger partial charge in [0.05, 0.1) is 17.9 Å². The number of hydrogen-bond acceptors (Lipinski definition) is 6. The molecule has 0 spiro atoms. The van der Waals surface area contributed by atoms with Crippen molar-refractivity contribution in [2.45, 2.75) is 24.0 Å². The first kappa shape index (κ1) is 14.5. The van der Waals surface area contributed by atoms with Crippen LogP contribution in [0.1, 0.15) is 18.9 Å². The third kappa shape index (κ3) is 3.26. The Morgan fingerprint density at radius 3 is 2.86 bits per heavy atom. The lowest BCUT2D eigenvalue weighted by Crippen LogP contribution is -2.32. The molecule has 0 unspecified atom stereocenters. The fourth-order valence-corrected chi connectivity index (χ4v) is 2.86. The molecule has 1 fully saturated rings. The Morgan fingerprint density at radius 1 is 1.41 bits per heavy atom. The number of anilines is 1. The molecule has 0 saturated heterocycles. The predicted molar refractivity (Wildman–Crippen MR) is 81.2 cm³/mol. The molecule has 1 aromatic heterocycles. The number of nitrogens with zero attached hydrogens (tertiary/aromatic N) is 6. The van der Waals surface area contributed by atoms with Crippen molar-refractivity contribution in [1.82, 2.24) is 20.2 Å². The van der Waals surface area contributed by atoms with E-state index in [1.54, 1.807) is 4.68 Å². The fraction of sp³-hybridized carbons (Fsp3) is 0.357. The second-order valence-corrected chi connectivity index (χ2v) is 5.84. The minimum atomic E-state index is -0.136. The van der Waals surface area contributed by atoms with E-state index in [1.165, 1.54) is 16.7 Å². The van der Waals surface area contributed by atoms with Crippen LogP contribution >= 0.6 is 11.8 Å². The number of hydrogen-bond donors (Lipinski definition) is 0. The van der Waals surface area contributed by atoms with Gasteiger partial charge in [-0.25, -0.2) is 4.68 Å². The molecule has 1 saturated carbocycles. The highest BCUT2D eigenvalue weighted by Crippen LogP contribution is 2.36. The van der Waals surface area contributed by atoms with Crippen LogP contribution in [0.2, 0.25) is 0 Å². The highest BCUT2D eigenvalue weighted by atomic mass is 32.2. The largest absolute Gasteiger partial charge is 0.298 e. The number of rotatable bonds is 6. The molecule has 0 atom stereocenters. The first-order valence-electron chi connectivity index (χ1n) is 6.92. The van der Waals surface area contributed by atoms with Gasteiger partial charge in [0, 0.05) is 5.69 Å². The van der Waals surface area contributed by atoms with Gasteiger partial charge in [-0.15, -0.1) is 5.10 Å². The highest BCUT2D eigenvalue weighted by molar-refractivity contribution is 7.99. The number of para-hydroxylation sites is 1. The lowest BCUT2D eigenvalue weighted by molar-refractivity contribution is -0.116. The van der Waals surface area contributed by atoms with Crippen LogP contribution in [0.15, 0.2) is 35.5 Å². The van der Waals surface area contributed by atoms with E-state index in [4.69, 9.17) is 5.26 Å². The summed E-state index contributed by atoms with van der Waals surface area (Å²) in [5.41, 5.74) is 0.719. The molecule has 0 N–H and O–H groups in total. The number of benzene rings is 1. The predicted octanol–water partition coefficient (Wildman–Crippen LogP) is 1.66. The molecule has 22 heavy (non-hydrogen) atoms. The summed E-state index contributed by atoms with van der Waals surface area (Å²) < 4.78 is 1.77. The third-order valence-corrected chi connectivity index (χ3v) is 4.20. The van der Waals surface area contributed by atoms with Crippen LogP contribution in [0.25, 0.3) is 0 Å². The van der Waals surface area contributed by atoms with Crippen molar-refractivity contribution in [1.29, 1.82) is 5.26 Å². The minimum absolute atomic E-state index is 0.0248. The van der Waals surface area contributed by atoms with Crippen molar-refractivity contribution in [3.05, 3.63) is 30.3 Å². The lowest BCUT2D eigenvalue weighted by Gasteiger charge is -2.19. The van der Waals surface area contributed by atoms with Gasteiger partial charge in [0.2, 0.25) is 11.1 Å². The monoisotopic (exact) mass is 314 g/mol. The van der Waals surface area contributed by atoms with Gasteiger partial charge in [0.1, 0.15) is 6.54 Å². The second-order valence-electron chi connectivity index (χ2n) is 4.90. The summed E-state index contributed by atoms with van der Waals surface area (Å²) in [6.07, 6.45) is 2.16. The maximum absolute atomic E-state index is 12.4. The zero-order valence-corrected chi connectivity index (χ0v) is 12.6. The molecular weight excluding hydrogens is 300 g/mol. The van der Waals surface area contributed by atoms with Crippen molar-refractivity contribution in [3.8, 4) is 6.07 Å². The van der Waals surface area contributed by atoms with Gasteiger partial charge < -0.3 is 0 Å². The van der Waals surface area contributed by atoms with Crippen LogP contribution in [0.5, 0.6) is 0 Å². The van der Waals surface area contributed by atoms with Crippen molar-refractivity contribution >= 4 is 23.4 Å². The van der Waals surface area contributed by atoms with E-state index in [-0.39, 0.29) is 18.2 Å². The maximum Gasteiger partial charge on any atom is 0.238 e. The van der Waals surface area contributed by atoms with Crippen molar-refractivity contribution < 1.29 is 4.79 Å². The van der Waals surface area contributed by atoms with Crippen LogP contribution < -0.4 is 4.90 Å². The molecule has 0 bridgehead atoms. The molecular formula is C14H14N6OS.